The molecule has 0 unspecified atom stereocenters. The number of anilines is 3. The van der Waals surface area contributed by atoms with E-state index in [1.54, 1.807) is 0 Å². The number of rotatable bonds is 6. The van der Waals surface area contributed by atoms with E-state index < -0.39 is 0 Å². The predicted molar refractivity (Wildman–Crippen MR) is 250 cm³/mol. The Labute approximate surface area is 347 Å². The lowest BCUT2D eigenvalue weighted by Gasteiger charge is -2.30. The van der Waals surface area contributed by atoms with Gasteiger partial charge in [0.1, 0.15) is 0 Å². The van der Waals surface area contributed by atoms with E-state index in [-0.39, 0.29) is 10.8 Å². The molecule has 0 amide bonds. The molecule has 282 valence electrons. The average Bonchev–Trinajstić information content (AvgIpc) is 3.65. The lowest BCUT2D eigenvalue weighted by atomic mass is 9.81. The highest BCUT2D eigenvalue weighted by molar-refractivity contribution is 5.98. The summed E-state index contributed by atoms with van der Waals surface area (Å²) in [7, 11) is 0. The van der Waals surface area contributed by atoms with Crippen LogP contribution in [0.15, 0.2) is 200 Å². The normalized spacial score (nSPS) is 14.0. The summed E-state index contributed by atoms with van der Waals surface area (Å²) in [5.41, 5.74) is 21.3. The molecule has 0 radical (unpaired) electrons. The summed E-state index contributed by atoms with van der Waals surface area (Å²) in [5, 5.41) is 2.56. The fourth-order valence-corrected chi connectivity index (χ4v) is 10.1. The van der Waals surface area contributed by atoms with Crippen LogP contribution in [0.4, 0.5) is 17.1 Å². The molecule has 9 aromatic rings. The summed E-state index contributed by atoms with van der Waals surface area (Å²) in [6, 6.07) is 74.3. The van der Waals surface area contributed by atoms with Gasteiger partial charge >= 0.3 is 0 Å². The van der Waals surface area contributed by atoms with E-state index in [1.807, 2.05) is 0 Å². The Bertz CT molecular complexity index is 3070. The summed E-state index contributed by atoms with van der Waals surface area (Å²) in [6.07, 6.45) is 0. The van der Waals surface area contributed by atoms with Crippen LogP contribution in [0, 0.1) is 0 Å². The van der Waals surface area contributed by atoms with Crippen molar-refractivity contribution in [2.75, 3.05) is 4.90 Å². The SMILES string of the molecule is CC1(C)c2cc(-c3ccccc3)ccc2-c2ccc(N(c3ccc(-c4ccccc4)cc3)c3ccc4c(c3)C(C)(C)c3cc(-c5cccc6ccccc56)ccc3-4)cc21. The molecule has 0 heterocycles. The first-order valence-corrected chi connectivity index (χ1v) is 20.8. The van der Waals surface area contributed by atoms with E-state index in [0.717, 1.165) is 17.1 Å². The molecule has 0 atom stereocenters. The molecule has 0 aromatic heterocycles. The molecular weight excluding hydrogens is 711 g/mol. The van der Waals surface area contributed by atoms with Gasteiger partial charge in [0.25, 0.3) is 0 Å². The zero-order valence-electron chi connectivity index (χ0n) is 34.0. The van der Waals surface area contributed by atoms with E-state index in [1.165, 1.54) is 88.7 Å². The molecule has 9 aromatic carbocycles. The second-order valence-corrected chi connectivity index (χ2v) is 17.4. The minimum atomic E-state index is -0.192. The number of benzene rings is 9. The van der Waals surface area contributed by atoms with Crippen molar-refractivity contribution in [3.05, 3.63) is 222 Å². The van der Waals surface area contributed by atoms with Crippen molar-refractivity contribution in [1.29, 1.82) is 0 Å². The summed E-state index contributed by atoms with van der Waals surface area (Å²) < 4.78 is 0. The summed E-state index contributed by atoms with van der Waals surface area (Å²) >= 11 is 0. The van der Waals surface area contributed by atoms with Crippen LogP contribution in [-0.2, 0) is 10.8 Å². The molecule has 2 aliphatic rings. The highest BCUT2D eigenvalue weighted by atomic mass is 15.1. The lowest BCUT2D eigenvalue weighted by Crippen LogP contribution is -2.18. The van der Waals surface area contributed by atoms with Crippen molar-refractivity contribution in [1.82, 2.24) is 0 Å². The second-order valence-electron chi connectivity index (χ2n) is 17.4. The van der Waals surface area contributed by atoms with E-state index in [9.17, 15) is 0 Å². The van der Waals surface area contributed by atoms with E-state index in [4.69, 9.17) is 0 Å². The van der Waals surface area contributed by atoms with Crippen molar-refractivity contribution in [2.45, 2.75) is 38.5 Å². The second kappa shape index (κ2) is 13.3. The van der Waals surface area contributed by atoms with Crippen LogP contribution in [-0.4, -0.2) is 0 Å². The van der Waals surface area contributed by atoms with Gasteiger partial charge in [-0.2, -0.15) is 0 Å². The highest BCUT2D eigenvalue weighted by Gasteiger charge is 2.38. The molecule has 1 nitrogen and oxygen atoms in total. The van der Waals surface area contributed by atoms with Gasteiger partial charge in [0, 0.05) is 27.9 Å². The molecule has 59 heavy (non-hydrogen) atoms. The van der Waals surface area contributed by atoms with E-state index in [2.05, 4.69) is 233 Å². The molecular formula is C58H45N. The largest absolute Gasteiger partial charge is 0.310 e. The Morgan fingerprint density at radius 1 is 0.288 bits per heavy atom. The molecule has 0 saturated heterocycles. The molecule has 1 heteroatoms. The Hall–Kier alpha value is -6.96. The molecule has 0 N–H and O–H groups in total. The molecule has 0 saturated carbocycles. The fourth-order valence-electron chi connectivity index (χ4n) is 10.1. The summed E-state index contributed by atoms with van der Waals surface area (Å²) in [5.74, 6) is 0. The van der Waals surface area contributed by atoms with Gasteiger partial charge in [-0.3, -0.25) is 0 Å². The maximum atomic E-state index is 2.46. The van der Waals surface area contributed by atoms with Gasteiger partial charge in [-0.05, 0) is 137 Å². The smallest absolute Gasteiger partial charge is 0.0465 e. The zero-order valence-corrected chi connectivity index (χ0v) is 34.0. The number of hydrogen-bond acceptors (Lipinski definition) is 1. The third-order valence-electron chi connectivity index (χ3n) is 13.3. The van der Waals surface area contributed by atoms with Gasteiger partial charge < -0.3 is 4.90 Å². The lowest BCUT2D eigenvalue weighted by molar-refractivity contribution is 0.660. The van der Waals surface area contributed by atoms with Crippen molar-refractivity contribution >= 4 is 27.8 Å². The first kappa shape index (κ1) is 35.2. The maximum Gasteiger partial charge on any atom is 0.0465 e. The van der Waals surface area contributed by atoms with Gasteiger partial charge in [-0.25, -0.2) is 0 Å². The third kappa shape index (κ3) is 5.60. The average molecular weight is 756 g/mol. The topological polar surface area (TPSA) is 3.24 Å². The zero-order chi connectivity index (χ0) is 39.9. The molecule has 0 fully saturated rings. The Morgan fingerprint density at radius 2 is 0.695 bits per heavy atom. The van der Waals surface area contributed by atoms with Crippen LogP contribution >= 0.6 is 0 Å². The van der Waals surface area contributed by atoms with Crippen LogP contribution in [0.1, 0.15) is 49.9 Å². The number of fused-ring (bicyclic) bond motifs is 7. The summed E-state index contributed by atoms with van der Waals surface area (Å²) in [4.78, 5) is 2.46. The summed E-state index contributed by atoms with van der Waals surface area (Å²) in [6.45, 7) is 9.56. The van der Waals surface area contributed by atoms with Gasteiger partial charge in [0.2, 0.25) is 0 Å². The molecule has 0 spiro atoms. The van der Waals surface area contributed by atoms with Crippen LogP contribution in [0.3, 0.4) is 0 Å². The third-order valence-corrected chi connectivity index (χ3v) is 13.3. The van der Waals surface area contributed by atoms with Crippen molar-refractivity contribution in [2.24, 2.45) is 0 Å². The fraction of sp³-hybridized carbons (Fsp3) is 0.103. The molecule has 0 bridgehead atoms. The first-order valence-electron chi connectivity index (χ1n) is 20.8. The van der Waals surface area contributed by atoms with Crippen molar-refractivity contribution < 1.29 is 0 Å². The highest BCUT2D eigenvalue weighted by Crippen LogP contribution is 2.54. The van der Waals surface area contributed by atoms with Crippen LogP contribution in [0.5, 0.6) is 0 Å². The van der Waals surface area contributed by atoms with Crippen LogP contribution in [0.2, 0.25) is 0 Å². The quantitative estimate of drug-likeness (QED) is 0.163. The minimum absolute atomic E-state index is 0.169. The van der Waals surface area contributed by atoms with Gasteiger partial charge in [0.05, 0.1) is 0 Å². The van der Waals surface area contributed by atoms with E-state index >= 15 is 0 Å². The maximum absolute atomic E-state index is 2.46. The molecule has 11 rings (SSSR count). The van der Waals surface area contributed by atoms with Crippen LogP contribution < -0.4 is 4.90 Å². The van der Waals surface area contributed by atoms with Crippen molar-refractivity contribution in [3.63, 3.8) is 0 Å². The Morgan fingerprint density at radius 3 is 1.29 bits per heavy atom. The predicted octanol–water partition coefficient (Wildman–Crippen LogP) is 15.9. The first-order chi connectivity index (χ1) is 28.8. The molecule has 0 aliphatic heterocycles. The van der Waals surface area contributed by atoms with E-state index in [0.29, 0.717) is 0 Å². The van der Waals surface area contributed by atoms with Gasteiger partial charge in [-0.1, -0.05) is 179 Å². The Balaban J connectivity index is 1.02. The Kier molecular flexibility index (Phi) is 7.94. The van der Waals surface area contributed by atoms with Crippen LogP contribution in [0.25, 0.3) is 66.4 Å². The van der Waals surface area contributed by atoms with Gasteiger partial charge in [0.15, 0.2) is 0 Å². The molecule has 2 aliphatic carbocycles. The monoisotopic (exact) mass is 755 g/mol. The minimum Gasteiger partial charge on any atom is -0.310 e. The number of nitrogens with zero attached hydrogens (tertiary/aromatic N) is 1. The number of hydrogen-bond donors (Lipinski definition) is 0. The van der Waals surface area contributed by atoms with Gasteiger partial charge in [-0.15, -0.1) is 0 Å². The standard InChI is InChI=1S/C58H45N/c1-57(2)53-34-42(39-16-9-6-10-17-39)24-30-49(53)51-32-28-45(36-55(51)57)59(44-26-22-40(23-27-44)38-14-7-5-8-15-38)46-29-33-52-50-31-25-43(35-54(50)58(3,4)56(52)37-46)48-21-13-19-41-18-11-12-20-47(41)48/h5-37H,1-4H3. The van der Waals surface area contributed by atoms with Crippen molar-refractivity contribution in [3.8, 4) is 55.6 Å².